The minimum absolute atomic E-state index is 0.134. The lowest BCUT2D eigenvalue weighted by atomic mass is 10.0. The summed E-state index contributed by atoms with van der Waals surface area (Å²) in [6.07, 6.45) is 0.507. The van der Waals surface area contributed by atoms with Crippen molar-refractivity contribution in [3.8, 4) is 17.6 Å². The van der Waals surface area contributed by atoms with Gasteiger partial charge in [-0.25, -0.2) is 0 Å². The quantitative estimate of drug-likeness (QED) is 0.815. The van der Waals surface area contributed by atoms with Crippen LogP contribution < -0.4 is 9.47 Å². The minimum Gasteiger partial charge on any atom is -0.493 e. The van der Waals surface area contributed by atoms with Gasteiger partial charge in [-0.3, -0.25) is 0 Å². The van der Waals surface area contributed by atoms with Gasteiger partial charge in [-0.05, 0) is 24.1 Å². The highest BCUT2D eigenvalue weighted by Crippen LogP contribution is 2.28. The molecule has 0 bridgehead atoms. The van der Waals surface area contributed by atoms with Gasteiger partial charge >= 0.3 is 0 Å². The van der Waals surface area contributed by atoms with Crippen molar-refractivity contribution in [2.24, 2.45) is 5.92 Å². The van der Waals surface area contributed by atoms with Gasteiger partial charge in [-0.15, -0.1) is 0 Å². The number of aliphatic hydroxyl groups excluding tert-OH is 1. The van der Waals surface area contributed by atoms with Gasteiger partial charge in [0.15, 0.2) is 11.5 Å². The number of hydrogen-bond donors (Lipinski definition) is 1. The van der Waals surface area contributed by atoms with E-state index >= 15 is 0 Å². The molecular formula is C12H15NO3. The van der Waals surface area contributed by atoms with Crippen LogP contribution in [-0.4, -0.2) is 25.9 Å². The predicted molar refractivity (Wildman–Crippen MR) is 59.4 cm³/mol. The van der Waals surface area contributed by atoms with Gasteiger partial charge in [-0.2, -0.15) is 5.26 Å². The average molecular weight is 221 g/mol. The summed E-state index contributed by atoms with van der Waals surface area (Å²) in [7, 11) is 3.14. The van der Waals surface area contributed by atoms with Crippen LogP contribution in [0.1, 0.15) is 5.56 Å². The zero-order valence-electron chi connectivity index (χ0n) is 9.43. The van der Waals surface area contributed by atoms with Gasteiger partial charge in [0.1, 0.15) is 0 Å². The number of rotatable bonds is 5. The highest BCUT2D eigenvalue weighted by Gasteiger charge is 2.10. The van der Waals surface area contributed by atoms with Crippen LogP contribution in [0.15, 0.2) is 18.2 Å². The molecule has 0 saturated heterocycles. The van der Waals surface area contributed by atoms with Crippen molar-refractivity contribution in [3.63, 3.8) is 0 Å². The summed E-state index contributed by atoms with van der Waals surface area (Å²) >= 11 is 0. The maximum atomic E-state index is 8.94. The molecule has 0 fully saturated rings. The lowest BCUT2D eigenvalue weighted by Gasteiger charge is -2.10. The fraction of sp³-hybridized carbons (Fsp3) is 0.417. The first-order chi connectivity index (χ1) is 7.74. The highest BCUT2D eigenvalue weighted by molar-refractivity contribution is 5.43. The van der Waals surface area contributed by atoms with Gasteiger partial charge in [0.2, 0.25) is 0 Å². The second-order valence-electron chi connectivity index (χ2n) is 3.40. The van der Waals surface area contributed by atoms with Crippen LogP contribution in [0.25, 0.3) is 0 Å². The summed E-state index contributed by atoms with van der Waals surface area (Å²) in [5.74, 6) is 0.913. The number of ether oxygens (including phenoxy) is 2. The smallest absolute Gasteiger partial charge is 0.160 e. The van der Waals surface area contributed by atoms with Gasteiger partial charge in [0, 0.05) is 0 Å². The van der Waals surface area contributed by atoms with Gasteiger partial charge in [-0.1, -0.05) is 6.07 Å². The number of benzene rings is 1. The molecule has 0 aliphatic heterocycles. The number of methoxy groups -OCH3 is 2. The molecule has 0 radical (unpaired) electrons. The van der Waals surface area contributed by atoms with Gasteiger partial charge < -0.3 is 14.6 Å². The van der Waals surface area contributed by atoms with E-state index in [1.165, 1.54) is 0 Å². The molecule has 4 nitrogen and oxygen atoms in total. The molecule has 0 amide bonds. The second-order valence-corrected chi connectivity index (χ2v) is 3.40. The number of nitrogens with zero attached hydrogens (tertiary/aromatic N) is 1. The fourth-order valence-corrected chi connectivity index (χ4v) is 1.44. The van der Waals surface area contributed by atoms with E-state index in [0.717, 1.165) is 5.56 Å². The van der Waals surface area contributed by atoms with E-state index in [2.05, 4.69) is 0 Å². The Labute approximate surface area is 95.0 Å². The zero-order chi connectivity index (χ0) is 12.0. The molecule has 1 rings (SSSR count). The summed E-state index contributed by atoms with van der Waals surface area (Å²) < 4.78 is 10.3. The van der Waals surface area contributed by atoms with E-state index in [0.29, 0.717) is 17.9 Å². The first-order valence-corrected chi connectivity index (χ1v) is 4.96. The molecule has 4 heteroatoms. The summed E-state index contributed by atoms with van der Waals surface area (Å²) in [5.41, 5.74) is 0.943. The molecule has 0 saturated carbocycles. The van der Waals surface area contributed by atoms with Crippen LogP contribution >= 0.6 is 0 Å². The Morgan fingerprint density at radius 1 is 1.31 bits per heavy atom. The zero-order valence-corrected chi connectivity index (χ0v) is 9.43. The second kappa shape index (κ2) is 5.99. The normalized spacial score (nSPS) is 11.6. The number of hydrogen-bond acceptors (Lipinski definition) is 4. The fourth-order valence-electron chi connectivity index (χ4n) is 1.44. The van der Waals surface area contributed by atoms with Crippen LogP contribution in [0, 0.1) is 17.2 Å². The van der Waals surface area contributed by atoms with E-state index < -0.39 is 0 Å². The third kappa shape index (κ3) is 2.88. The van der Waals surface area contributed by atoms with Gasteiger partial charge in [0.05, 0.1) is 32.8 Å². The largest absolute Gasteiger partial charge is 0.493 e. The van der Waals surface area contributed by atoms with E-state index in [1.807, 2.05) is 18.2 Å². The Morgan fingerprint density at radius 2 is 2.00 bits per heavy atom. The molecule has 0 aromatic heterocycles. The molecule has 1 N–H and O–H groups in total. The molecule has 1 atom stereocenters. The Bertz CT molecular complexity index is 384. The molecule has 1 aromatic carbocycles. The Hall–Kier alpha value is -1.73. The molecule has 0 spiro atoms. The predicted octanol–water partition coefficient (Wildman–Crippen LogP) is 1.38. The SMILES string of the molecule is COc1ccc(CC(C#N)CO)cc1OC. The molecule has 0 heterocycles. The van der Waals surface area contributed by atoms with Crippen molar-refractivity contribution < 1.29 is 14.6 Å². The number of nitriles is 1. The number of aliphatic hydroxyl groups is 1. The van der Waals surface area contributed by atoms with Gasteiger partial charge in [0.25, 0.3) is 0 Å². The standard InChI is InChI=1S/C12H15NO3/c1-15-11-4-3-9(6-12(11)16-2)5-10(7-13)8-14/h3-4,6,10,14H,5,8H2,1-2H3. The first kappa shape index (κ1) is 12.3. The van der Waals surface area contributed by atoms with Crippen molar-refractivity contribution >= 4 is 0 Å². The van der Waals surface area contributed by atoms with Crippen molar-refractivity contribution in [2.45, 2.75) is 6.42 Å². The van der Waals surface area contributed by atoms with E-state index in [-0.39, 0.29) is 12.5 Å². The summed E-state index contributed by atoms with van der Waals surface area (Å²) in [4.78, 5) is 0. The Balaban J connectivity index is 2.87. The topological polar surface area (TPSA) is 62.5 Å². The third-order valence-corrected chi connectivity index (χ3v) is 2.33. The first-order valence-electron chi connectivity index (χ1n) is 4.96. The van der Waals surface area contributed by atoms with Crippen LogP contribution in [0.3, 0.4) is 0 Å². The molecular weight excluding hydrogens is 206 g/mol. The average Bonchev–Trinajstić information content (AvgIpc) is 2.35. The third-order valence-electron chi connectivity index (χ3n) is 2.33. The monoisotopic (exact) mass is 221 g/mol. The van der Waals surface area contributed by atoms with Crippen LogP contribution in [-0.2, 0) is 6.42 Å². The van der Waals surface area contributed by atoms with Crippen molar-refractivity contribution in [1.82, 2.24) is 0 Å². The van der Waals surface area contributed by atoms with Crippen LogP contribution in [0.4, 0.5) is 0 Å². The molecule has 86 valence electrons. The summed E-state index contributed by atoms with van der Waals surface area (Å²) in [6.45, 7) is -0.134. The van der Waals surface area contributed by atoms with Crippen molar-refractivity contribution in [3.05, 3.63) is 23.8 Å². The molecule has 1 aromatic rings. The van der Waals surface area contributed by atoms with E-state index in [4.69, 9.17) is 19.8 Å². The molecule has 0 aliphatic rings. The van der Waals surface area contributed by atoms with Crippen LogP contribution in [0.2, 0.25) is 0 Å². The maximum absolute atomic E-state index is 8.94. The highest BCUT2D eigenvalue weighted by atomic mass is 16.5. The lowest BCUT2D eigenvalue weighted by Crippen LogP contribution is -2.06. The Kier molecular flexibility index (Phi) is 4.62. The van der Waals surface area contributed by atoms with Crippen molar-refractivity contribution in [2.75, 3.05) is 20.8 Å². The Morgan fingerprint density at radius 3 is 2.50 bits per heavy atom. The molecule has 0 aliphatic carbocycles. The molecule has 16 heavy (non-hydrogen) atoms. The summed E-state index contributed by atoms with van der Waals surface area (Å²) in [5, 5.41) is 17.7. The molecule has 1 unspecified atom stereocenters. The minimum atomic E-state index is -0.377. The lowest BCUT2D eigenvalue weighted by molar-refractivity contribution is 0.255. The van der Waals surface area contributed by atoms with Crippen molar-refractivity contribution in [1.29, 1.82) is 5.26 Å². The van der Waals surface area contributed by atoms with E-state index in [1.54, 1.807) is 20.3 Å². The summed E-state index contributed by atoms with van der Waals surface area (Å²) in [6, 6.07) is 7.52. The maximum Gasteiger partial charge on any atom is 0.160 e. The van der Waals surface area contributed by atoms with Crippen LogP contribution in [0.5, 0.6) is 11.5 Å². The van der Waals surface area contributed by atoms with E-state index in [9.17, 15) is 0 Å².